The number of ether oxygens (including phenoxy) is 2. The highest BCUT2D eigenvalue weighted by Gasteiger charge is 2.12. The van der Waals surface area contributed by atoms with Crippen LogP contribution in [-0.4, -0.2) is 63.2 Å². The molecule has 1 fully saturated rings. The third-order valence-corrected chi connectivity index (χ3v) is 5.59. The Balaban J connectivity index is 0.00000363. The summed E-state index contributed by atoms with van der Waals surface area (Å²) in [5.41, 5.74) is 9.59. The number of halogens is 1. The maximum atomic E-state index is 6.05. The monoisotopic (exact) mass is 553 g/mol. The number of likely N-dealkylation sites (N-methyl/N-ethyl adjacent to an activating group) is 1. The molecule has 2 aromatic rings. The standard InChI is InChI=1S/C24H35N5O2.HI/c1-28-11-4-12-29(14-13-28)18-20-7-5-19(6-8-20)16-26-24(25)27-17-21-9-10-22(30-2)23(15-21)31-3;/h5-10,15H,4,11-14,16-18H2,1-3H3,(H3,25,26,27);1H. The molecule has 3 rings (SSSR count). The Morgan fingerprint density at radius 2 is 1.62 bits per heavy atom. The van der Waals surface area contributed by atoms with Crippen molar-refractivity contribution in [1.82, 2.24) is 15.1 Å². The topological polar surface area (TPSA) is 75.4 Å². The molecule has 32 heavy (non-hydrogen) atoms. The van der Waals surface area contributed by atoms with Crippen LogP contribution in [0, 0.1) is 0 Å². The largest absolute Gasteiger partial charge is 0.493 e. The van der Waals surface area contributed by atoms with Gasteiger partial charge < -0.3 is 25.4 Å². The molecule has 8 heteroatoms. The lowest BCUT2D eigenvalue weighted by Crippen LogP contribution is -2.31. The van der Waals surface area contributed by atoms with E-state index in [0.29, 0.717) is 30.5 Å². The summed E-state index contributed by atoms with van der Waals surface area (Å²) in [6.07, 6.45) is 1.24. The minimum absolute atomic E-state index is 0. The third kappa shape index (κ3) is 8.14. The van der Waals surface area contributed by atoms with Gasteiger partial charge in [-0.1, -0.05) is 30.3 Å². The normalized spacial score (nSPS) is 15.5. The second kappa shape index (κ2) is 13.5. The average molecular weight is 553 g/mol. The second-order valence-electron chi connectivity index (χ2n) is 7.99. The van der Waals surface area contributed by atoms with Gasteiger partial charge in [0.05, 0.1) is 20.8 Å². The van der Waals surface area contributed by atoms with Crippen molar-refractivity contribution in [3.8, 4) is 11.5 Å². The fourth-order valence-electron chi connectivity index (χ4n) is 3.68. The molecule has 1 saturated heterocycles. The van der Waals surface area contributed by atoms with E-state index in [-0.39, 0.29) is 24.0 Å². The number of rotatable bonds is 8. The van der Waals surface area contributed by atoms with E-state index in [1.54, 1.807) is 14.2 Å². The molecule has 0 atom stereocenters. The highest BCUT2D eigenvalue weighted by atomic mass is 127. The van der Waals surface area contributed by atoms with Gasteiger partial charge in [0.2, 0.25) is 0 Å². The lowest BCUT2D eigenvalue weighted by atomic mass is 10.1. The zero-order chi connectivity index (χ0) is 22.1. The first-order valence-corrected chi connectivity index (χ1v) is 10.8. The molecule has 0 aliphatic carbocycles. The highest BCUT2D eigenvalue weighted by molar-refractivity contribution is 14.0. The van der Waals surface area contributed by atoms with Gasteiger partial charge in [-0.2, -0.15) is 0 Å². The molecule has 7 nitrogen and oxygen atoms in total. The Labute approximate surface area is 209 Å². The zero-order valence-corrected chi connectivity index (χ0v) is 21.7. The summed E-state index contributed by atoms with van der Waals surface area (Å²) >= 11 is 0. The number of hydrogen-bond acceptors (Lipinski definition) is 5. The smallest absolute Gasteiger partial charge is 0.189 e. The molecule has 1 aliphatic heterocycles. The second-order valence-corrected chi connectivity index (χ2v) is 7.99. The molecule has 0 bridgehead atoms. The summed E-state index contributed by atoms with van der Waals surface area (Å²) in [5, 5.41) is 3.19. The Morgan fingerprint density at radius 1 is 0.938 bits per heavy atom. The van der Waals surface area contributed by atoms with Crippen LogP contribution in [0.4, 0.5) is 0 Å². The van der Waals surface area contributed by atoms with Crippen molar-refractivity contribution in [3.63, 3.8) is 0 Å². The number of guanidine groups is 1. The van der Waals surface area contributed by atoms with Crippen LogP contribution in [0.2, 0.25) is 0 Å². The van der Waals surface area contributed by atoms with Crippen molar-refractivity contribution in [1.29, 1.82) is 0 Å². The summed E-state index contributed by atoms with van der Waals surface area (Å²) in [6, 6.07) is 14.5. The summed E-state index contributed by atoms with van der Waals surface area (Å²) in [6.45, 7) is 6.77. The lowest BCUT2D eigenvalue weighted by Gasteiger charge is -2.20. The van der Waals surface area contributed by atoms with Crippen molar-refractivity contribution < 1.29 is 9.47 Å². The molecule has 2 aromatic carbocycles. The van der Waals surface area contributed by atoms with Crippen LogP contribution in [-0.2, 0) is 19.6 Å². The van der Waals surface area contributed by atoms with Crippen LogP contribution >= 0.6 is 24.0 Å². The van der Waals surface area contributed by atoms with Crippen molar-refractivity contribution in [2.75, 3.05) is 47.4 Å². The number of nitrogens with one attached hydrogen (secondary N) is 1. The molecular weight excluding hydrogens is 517 g/mol. The molecule has 176 valence electrons. The van der Waals surface area contributed by atoms with Gasteiger partial charge in [-0.25, -0.2) is 4.99 Å². The number of nitrogens with zero attached hydrogens (tertiary/aromatic N) is 3. The van der Waals surface area contributed by atoms with E-state index >= 15 is 0 Å². The summed E-state index contributed by atoms with van der Waals surface area (Å²) in [7, 11) is 5.45. The van der Waals surface area contributed by atoms with Crippen LogP contribution < -0.4 is 20.5 Å². The van der Waals surface area contributed by atoms with Gasteiger partial charge in [0, 0.05) is 26.2 Å². The Hall–Kier alpha value is -2.04. The molecule has 0 saturated carbocycles. The first kappa shape index (κ1) is 26.2. The van der Waals surface area contributed by atoms with E-state index in [1.807, 2.05) is 18.2 Å². The van der Waals surface area contributed by atoms with Gasteiger partial charge in [0.1, 0.15) is 0 Å². The first-order chi connectivity index (χ1) is 15.1. The Morgan fingerprint density at radius 3 is 2.34 bits per heavy atom. The molecule has 0 spiro atoms. The number of methoxy groups -OCH3 is 2. The summed E-state index contributed by atoms with van der Waals surface area (Å²) in [4.78, 5) is 9.37. The van der Waals surface area contributed by atoms with Crippen LogP contribution in [0.1, 0.15) is 23.1 Å². The number of hydrogen-bond donors (Lipinski definition) is 2. The van der Waals surface area contributed by atoms with Gasteiger partial charge in [-0.05, 0) is 55.4 Å². The minimum Gasteiger partial charge on any atom is -0.493 e. The van der Waals surface area contributed by atoms with Crippen molar-refractivity contribution in [2.24, 2.45) is 10.7 Å². The van der Waals surface area contributed by atoms with E-state index in [4.69, 9.17) is 15.2 Å². The SMILES string of the molecule is COc1ccc(CN=C(N)NCc2ccc(CN3CCCN(C)CC3)cc2)cc1OC.I. The summed E-state index contributed by atoms with van der Waals surface area (Å²) < 4.78 is 10.6. The minimum atomic E-state index is 0. The molecule has 0 unspecified atom stereocenters. The third-order valence-electron chi connectivity index (χ3n) is 5.59. The number of benzene rings is 2. The number of aliphatic imine (C=N–C) groups is 1. The fourth-order valence-corrected chi connectivity index (χ4v) is 3.68. The lowest BCUT2D eigenvalue weighted by molar-refractivity contribution is 0.269. The van der Waals surface area contributed by atoms with Gasteiger partial charge >= 0.3 is 0 Å². The van der Waals surface area contributed by atoms with E-state index in [9.17, 15) is 0 Å². The molecule has 1 aliphatic rings. The Kier molecular flexibility index (Phi) is 11.1. The van der Waals surface area contributed by atoms with E-state index in [1.165, 1.54) is 30.6 Å². The molecule has 3 N–H and O–H groups in total. The van der Waals surface area contributed by atoms with Crippen LogP contribution in [0.25, 0.3) is 0 Å². The molecule has 0 radical (unpaired) electrons. The zero-order valence-electron chi connectivity index (χ0n) is 19.3. The molecule has 0 aromatic heterocycles. The number of nitrogens with two attached hydrogens (primary N) is 1. The predicted octanol–water partition coefficient (Wildman–Crippen LogP) is 3.06. The maximum absolute atomic E-state index is 6.05. The molecular formula is C24H36IN5O2. The van der Waals surface area contributed by atoms with Crippen LogP contribution in [0.3, 0.4) is 0 Å². The van der Waals surface area contributed by atoms with Crippen molar-refractivity contribution >= 4 is 29.9 Å². The van der Waals surface area contributed by atoms with Crippen LogP contribution in [0.15, 0.2) is 47.5 Å². The molecule has 0 amide bonds. The Bertz CT molecular complexity index is 860. The van der Waals surface area contributed by atoms with Gasteiger partial charge in [0.15, 0.2) is 17.5 Å². The van der Waals surface area contributed by atoms with Crippen molar-refractivity contribution in [3.05, 3.63) is 59.2 Å². The van der Waals surface area contributed by atoms with Crippen molar-refractivity contribution in [2.45, 2.75) is 26.1 Å². The van der Waals surface area contributed by atoms with Gasteiger partial charge in [0.25, 0.3) is 0 Å². The van der Waals surface area contributed by atoms with Gasteiger partial charge in [-0.15, -0.1) is 24.0 Å². The van der Waals surface area contributed by atoms with E-state index < -0.39 is 0 Å². The highest BCUT2D eigenvalue weighted by Crippen LogP contribution is 2.27. The quantitative estimate of drug-likeness (QED) is 0.298. The van der Waals surface area contributed by atoms with E-state index in [0.717, 1.165) is 25.2 Å². The predicted molar refractivity (Wildman–Crippen MR) is 141 cm³/mol. The van der Waals surface area contributed by atoms with Crippen LogP contribution in [0.5, 0.6) is 11.5 Å². The fraction of sp³-hybridized carbons (Fsp3) is 0.458. The summed E-state index contributed by atoms with van der Waals surface area (Å²) in [5.74, 6) is 1.81. The molecule has 1 heterocycles. The van der Waals surface area contributed by atoms with E-state index in [2.05, 4.69) is 51.4 Å². The van der Waals surface area contributed by atoms with Gasteiger partial charge in [-0.3, -0.25) is 4.90 Å². The first-order valence-electron chi connectivity index (χ1n) is 10.8. The maximum Gasteiger partial charge on any atom is 0.189 e. The average Bonchev–Trinajstić information content (AvgIpc) is 3.00.